The summed E-state index contributed by atoms with van der Waals surface area (Å²) in [7, 11) is -0.420. The zero-order valence-electron chi connectivity index (χ0n) is 14.5. The first-order valence-electron chi connectivity index (χ1n) is 8.21. The van der Waals surface area contributed by atoms with E-state index >= 15 is 0 Å². The minimum Gasteiger partial charge on any atom is -0.399 e. The number of rotatable bonds is 3. The first-order chi connectivity index (χ1) is 11.2. The molecule has 2 heterocycles. The largest absolute Gasteiger partial charge is 0.494 e. The second kappa shape index (κ2) is 5.90. The number of hydrogen-bond donors (Lipinski definition) is 2. The highest BCUT2D eigenvalue weighted by Crippen LogP contribution is 2.36. The molecule has 1 aromatic carbocycles. The second-order valence-corrected chi connectivity index (χ2v) is 7.40. The van der Waals surface area contributed by atoms with Gasteiger partial charge in [0.25, 0.3) is 0 Å². The van der Waals surface area contributed by atoms with Gasteiger partial charge in [0.15, 0.2) is 0 Å². The Morgan fingerprint density at radius 2 is 1.75 bits per heavy atom. The molecule has 0 aromatic heterocycles. The Kier molecular flexibility index (Phi) is 4.17. The summed E-state index contributed by atoms with van der Waals surface area (Å²) in [4.78, 5) is 23.3. The van der Waals surface area contributed by atoms with Gasteiger partial charge in [0.05, 0.1) is 17.1 Å². The van der Waals surface area contributed by atoms with Crippen molar-refractivity contribution < 1.29 is 18.9 Å². The maximum Gasteiger partial charge on any atom is 0.494 e. The molecule has 0 bridgehead atoms. The van der Waals surface area contributed by atoms with Crippen LogP contribution in [0.15, 0.2) is 24.3 Å². The summed E-state index contributed by atoms with van der Waals surface area (Å²) in [6.07, 6.45) is 0.248. The van der Waals surface area contributed by atoms with Crippen LogP contribution in [0.2, 0.25) is 0 Å². The molecule has 1 unspecified atom stereocenters. The molecule has 0 saturated carbocycles. The monoisotopic (exact) mass is 330 g/mol. The van der Waals surface area contributed by atoms with E-state index in [2.05, 4.69) is 10.6 Å². The highest BCUT2D eigenvalue weighted by atomic mass is 16.7. The van der Waals surface area contributed by atoms with Gasteiger partial charge in [0, 0.05) is 18.7 Å². The standard InChI is InChI=1S/C17H23BN2O4/c1-16(2)17(3,4)24-18(23-16)12-5-7-13(8-6-12)20-15(22)11-9-14(21)19-10-11/h5-8,11H,9-10H2,1-4H3,(H,19,21)(H,20,22). The smallest absolute Gasteiger partial charge is 0.399 e. The maximum atomic E-state index is 12.1. The molecule has 2 aliphatic heterocycles. The van der Waals surface area contributed by atoms with Crippen LogP contribution in [0.4, 0.5) is 5.69 Å². The van der Waals surface area contributed by atoms with Crippen molar-refractivity contribution >= 4 is 30.1 Å². The average molecular weight is 330 g/mol. The Morgan fingerprint density at radius 1 is 1.17 bits per heavy atom. The summed E-state index contributed by atoms with van der Waals surface area (Å²) in [6, 6.07) is 7.41. The van der Waals surface area contributed by atoms with Crippen molar-refractivity contribution in [3.05, 3.63) is 24.3 Å². The van der Waals surface area contributed by atoms with Crippen LogP contribution in [-0.4, -0.2) is 36.7 Å². The van der Waals surface area contributed by atoms with Gasteiger partial charge in [-0.2, -0.15) is 0 Å². The molecule has 6 nitrogen and oxygen atoms in total. The zero-order valence-corrected chi connectivity index (χ0v) is 14.5. The Hall–Kier alpha value is -1.86. The summed E-state index contributed by atoms with van der Waals surface area (Å²) in [5.41, 5.74) is 0.836. The Labute approximate surface area is 142 Å². The van der Waals surface area contributed by atoms with Crippen molar-refractivity contribution in [1.82, 2.24) is 5.32 Å². The van der Waals surface area contributed by atoms with E-state index in [4.69, 9.17) is 9.31 Å². The van der Waals surface area contributed by atoms with Crippen molar-refractivity contribution in [3.63, 3.8) is 0 Å². The second-order valence-electron chi connectivity index (χ2n) is 7.40. The summed E-state index contributed by atoms with van der Waals surface area (Å²) >= 11 is 0. The van der Waals surface area contributed by atoms with Crippen LogP contribution in [0, 0.1) is 5.92 Å². The molecule has 2 fully saturated rings. The van der Waals surface area contributed by atoms with E-state index in [0.29, 0.717) is 12.2 Å². The van der Waals surface area contributed by atoms with E-state index in [0.717, 1.165) is 5.46 Å². The number of hydrogen-bond acceptors (Lipinski definition) is 4. The van der Waals surface area contributed by atoms with Crippen LogP contribution < -0.4 is 16.1 Å². The fourth-order valence-corrected chi connectivity index (χ4v) is 2.74. The minimum atomic E-state index is -0.420. The number of nitrogens with one attached hydrogen (secondary N) is 2. The maximum absolute atomic E-state index is 12.1. The third kappa shape index (κ3) is 3.19. The van der Waals surface area contributed by atoms with Crippen molar-refractivity contribution in [3.8, 4) is 0 Å². The number of carbonyl (C=O) groups excluding carboxylic acids is 2. The van der Waals surface area contributed by atoms with E-state index < -0.39 is 7.12 Å². The third-order valence-electron chi connectivity index (χ3n) is 5.05. The molecule has 1 atom stereocenters. The van der Waals surface area contributed by atoms with Crippen molar-refractivity contribution in [1.29, 1.82) is 0 Å². The number of carbonyl (C=O) groups is 2. The lowest BCUT2D eigenvalue weighted by Crippen LogP contribution is -2.41. The molecule has 1 aromatic rings. The number of anilines is 1. The summed E-state index contributed by atoms with van der Waals surface area (Å²) in [5.74, 6) is -0.525. The first-order valence-corrected chi connectivity index (χ1v) is 8.21. The normalized spacial score (nSPS) is 24.8. The van der Waals surface area contributed by atoms with Crippen LogP contribution in [0.1, 0.15) is 34.1 Å². The van der Waals surface area contributed by atoms with Gasteiger partial charge in [-0.25, -0.2) is 0 Å². The van der Waals surface area contributed by atoms with Crippen molar-refractivity contribution in [2.45, 2.75) is 45.3 Å². The minimum absolute atomic E-state index is 0.0775. The fourth-order valence-electron chi connectivity index (χ4n) is 2.74. The lowest BCUT2D eigenvalue weighted by molar-refractivity contribution is -0.123. The van der Waals surface area contributed by atoms with E-state index in [1.54, 1.807) is 0 Å². The van der Waals surface area contributed by atoms with E-state index in [9.17, 15) is 9.59 Å². The molecule has 2 N–H and O–H groups in total. The van der Waals surface area contributed by atoms with Gasteiger partial charge in [-0.3, -0.25) is 9.59 Å². The lowest BCUT2D eigenvalue weighted by Gasteiger charge is -2.32. The molecule has 2 aliphatic rings. The Bertz CT molecular complexity index is 641. The zero-order chi connectivity index (χ0) is 17.5. The quantitative estimate of drug-likeness (QED) is 0.813. The molecule has 24 heavy (non-hydrogen) atoms. The lowest BCUT2D eigenvalue weighted by atomic mass is 9.79. The first kappa shape index (κ1) is 17.0. The molecule has 2 saturated heterocycles. The molecule has 0 radical (unpaired) electrons. The van der Waals surface area contributed by atoms with E-state index in [1.165, 1.54) is 0 Å². The Balaban J connectivity index is 1.64. The molecular formula is C17H23BN2O4. The molecule has 128 valence electrons. The molecule has 7 heteroatoms. The summed E-state index contributed by atoms with van der Waals surface area (Å²) in [6.45, 7) is 8.45. The van der Waals surface area contributed by atoms with Gasteiger partial charge in [-0.15, -0.1) is 0 Å². The van der Waals surface area contributed by atoms with Gasteiger partial charge >= 0.3 is 7.12 Å². The molecule has 2 amide bonds. The predicted molar refractivity (Wildman–Crippen MR) is 91.9 cm³/mol. The topological polar surface area (TPSA) is 76.7 Å². The van der Waals surface area contributed by atoms with Gasteiger partial charge in [0.2, 0.25) is 11.8 Å². The van der Waals surface area contributed by atoms with Crippen molar-refractivity contribution in [2.24, 2.45) is 5.92 Å². The SMILES string of the molecule is CC1(C)OB(c2ccc(NC(=O)C3CNC(=O)C3)cc2)OC1(C)C. The summed E-state index contributed by atoms with van der Waals surface area (Å²) in [5, 5.41) is 5.51. The van der Waals surface area contributed by atoms with Crippen LogP contribution in [0.3, 0.4) is 0 Å². The molecular weight excluding hydrogens is 307 g/mol. The van der Waals surface area contributed by atoms with Crippen LogP contribution in [-0.2, 0) is 18.9 Å². The molecule has 0 aliphatic carbocycles. The molecule has 3 rings (SSSR count). The predicted octanol–water partition coefficient (Wildman–Crippen LogP) is 1.06. The number of amides is 2. The van der Waals surface area contributed by atoms with Gasteiger partial charge in [-0.1, -0.05) is 12.1 Å². The van der Waals surface area contributed by atoms with E-state index in [-0.39, 0.29) is 35.4 Å². The third-order valence-corrected chi connectivity index (χ3v) is 5.05. The van der Waals surface area contributed by atoms with Gasteiger partial charge in [-0.05, 0) is 45.3 Å². The van der Waals surface area contributed by atoms with Gasteiger partial charge < -0.3 is 19.9 Å². The fraction of sp³-hybridized carbons (Fsp3) is 0.529. The van der Waals surface area contributed by atoms with Crippen LogP contribution in [0.25, 0.3) is 0 Å². The van der Waals surface area contributed by atoms with E-state index in [1.807, 2.05) is 52.0 Å². The van der Waals surface area contributed by atoms with Gasteiger partial charge in [0.1, 0.15) is 0 Å². The summed E-state index contributed by atoms with van der Waals surface area (Å²) < 4.78 is 12.0. The Morgan fingerprint density at radius 3 is 2.25 bits per heavy atom. The van der Waals surface area contributed by atoms with Crippen LogP contribution >= 0.6 is 0 Å². The van der Waals surface area contributed by atoms with Crippen LogP contribution in [0.5, 0.6) is 0 Å². The highest BCUT2D eigenvalue weighted by molar-refractivity contribution is 6.62. The average Bonchev–Trinajstić information content (AvgIpc) is 3.01. The highest BCUT2D eigenvalue weighted by Gasteiger charge is 2.51. The van der Waals surface area contributed by atoms with Crippen molar-refractivity contribution in [2.75, 3.05) is 11.9 Å². The number of benzene rings is 1. The molecule has 0 spiro atoms.